The van der Waals surface area contributed by atoms with Gasteiger partial charge in [0.25, 0.3) is 0 Å². The number of fused-ring (bicyclic) bond motifs is 3. The molecule has 2 aliphatic rings. The van der Waals surface area contributed by atoms with Crippen LogP contribution in [0, 0.1) is 0 Å². The lowest BCUT2D eigenvalue weighted by Crippen LogP contribution is -2.57. The van der Waals surface area contributed by atoms with Crippen LogP contribution in [0.3, 0.4) is 0 Å². The van der Waals surface area contributed by atoms with Gasteiger partial charge in [0.05, 0.1) is 0 Å². The maximum Gasteiger partial charge on any atom is 0.318 e. The van der Waals surface area contributed by atoms with Crippen LogP contribution in [0.1, 0.15) is 62.6 Å². The number of likely N-dealkylation sites (tertiary alicyclic amines) is 1. The smallest absolute Gasteiger partial charge is 0.318 e. The second-order valence-electron chi connectivity index (χ2n) is 11.3. The average molecular weight is 516 g/mol. The molecule has 5 rings (SSSR count). The zero-order valence-electron chi connectivity index (χ0n) is 22.9. The Hall–Kier alpha value is -3.32. The fourth-order valence-electron chi connectivity index (χ4n) is 6.64. The molecule has 202 valence electrons. The van der Waals surface area contributed by atoms with Crippen LogP contribution in [0.15, 0.2) is 54.7 Å². The van der Waals surface area contributed by atoms with Crippen molar-refractivity contribution >= 4 is 22.8 Å². The van der Waals surface area contributed by atoms with Crippen LogP contribution in [-0.2, 0) is 16.6 Å². The summed E-state index contributed by atoms with van der Waals surface area (Å²) in [6, 6.07) is 16.0. The Balaban J connectivity index is 1.39. The maximum atomic E-state index is 14.2. The largest absolute Gasteiger partial charge is 0.361 e. The van der Waals surface area contributed by atoms with Crippen LogP contribution in [-0.4, -0.2) is 65.0 Å². The van der Waals surface area contributed by atoms with E-state index < -0.39 is 6.04 Å². The van der Waals surface area contributed by atoms with E-state index in [4.69, 9.17) is 5.73 Å². The number of aromatic amines is 1. The molecular weight excluding hydrogens is 474 g/mol. The summed E-state index contributed by atoms with van der Waals surface area (Å²) in [5.41, 5.74) is 11.0. The summed E-state index contributed by atoms with van der Waals surface area (Å²) in [5.74, 6) is -0.216. The van der Waals surface area contributed by atoms with E-state index in [0.717, 1.165) is 42.1 Å². The van der Waals surface area contributed by atoms with Crippen molar-refractivity contribution in [2.75, 3.05) is 26.2 Å². The van der Waals surface area contributed by atoms with Gasteiger partial charge in [-0.2, -0.15) is 0 Å². The van der Waals surface area contributed by atoms with E-state index in [2.05, 4.69) is 40.6 Å². The minimum atomic E-state index is -0.675. The molecule has 0 saturated carbocycles. The molecule has 1 aromatic heterocycles. The number of H-pyrrole nitrogens is 1. The number of hydrogen-bond acceptors (Lipinski definition) is 3. The van der Waals surface area contributed by atoms with Gasteiger partial charge in [-0.3, -0.25) is 4.79 Å². The van der Waals surface area contributed by atoms with Crippen molar-refractivity contribution in [1.29, 1.82) is 0 Å². The number of para-hydroxylation sites is 1. The van der Waals surface area contributed by atoms with E-state index in [9.17, 15) is 9.59 Å². The van der Waals surface area contributed by atoms with Gasteiger partial charge < -0.3 is 25.8 Å². The average Bonchev–Trinajstić information content (AvgIpc) is 3.52. The molecule has 7 nitrogen and oxygen atoms in total. The summed E-state index contributed by atoms with van der Waals surface area (Å²) < 4.78 is 0. The first-order chi connectivity index (χ1) is 18.3. The first-order valence-corrected chi connectivity index (χ1v) is 14.0. The molecule has 1 aliphatic carbocycles. The van der Waals surface area contributed by atoms with Gasteiger partial charge in [0.2, 0.25) is 5.91 Å². The third-order valence-corrected chi connectivity index (χ3v) is 8.90. The molecule has 38 heavy (non-hydrogen) atoms. The molecule has 3 amide bonds. The highest BCUT2D eigenvalue weighted by atomic mass is 16.2. The Labute approximate surface area is 225 Å². The minimum Gasteiger partial charge on any atom is -0.361 e. The Bertz CT molecular complexity index is 1290. The second-order valence-corrected chi connectivity index (χ2v) is 11.3. The Kier molecular flexibility index (Phi) is 7.48. The van der Waals surface area contributed by atoms with Crippen LogP contribution < -0.4 is 11.1 Å². The summed E-state index contributed by atoms with van der Waals surface area (Å²) >= 11 is 0. The van der Waals surface area contributed by atoms with E-state index in [1.807, 2.05) is 50.1 Å². The highest BCUT2D eigenvalue weighted by Gasteiger charge is 2.43. The first-order valence-electron chi connectivity index (χ1n) is 14.0. The maximum absolute atomic E-state index is 14.2. The molecule has 1 saturated heterocycles. The number of aromatic nitrogens is 1. The van der Waals surface area contributed by atoms with E-state index in [1.54, 1.807) is 4.90 Å². The molecule has 0 bridgehead atoms. The molecule has 2 aromatic carbocycles. The van der Waals surface area contributed by atoms with Crippen LogP contribution in [0.4, 0.5) is 4.79 Å². The number of rotatable bonds is 7. The molecule has 1 unspecified atom stereocenters. The van der Waals surface area contributed by atoms with Crippen molar-refractivity contribution in [3.05, 3.63) is 71.4 Å². The van der Waals surface area contributed by atoms with E-state index >= 15 is 0 Å². The predicted molar refractivity (Wildman–Crippen MR) is 152 cm³/mol. The number of urea groups is 1. The number of carbonyl (C=O) groups excluding carboxylic acids is 2. The van der Waals surface area contributed by atoms with Crippen molar-refractivity contribution in [3.63, 3.8) is 0 Å². The van der Waals surface area contributed by atoms with Gasteiger partial charge in [-0.15, -0.1) is 0 Å². The van der Waals surface area contributed by atoms with Gasteiger partial charge in [0.1, 0.15) is 6.04 Å². The molecule has 2 atom stereocenters. The van der Waals surface area contributed by atoms with Crippen molar-refractivity contribution in [2.24, 2.45) is 5.73 Å². The number of nitrogens with one attached hydrogen (secondary N) is 2. The SMILES string of the molecule is CC(C)N(CCN)C(=O)NC(C(=O)N1CCC2(CCc3ccccc32)CC1)[C@H](C)c1c[nH]c2ccccc12. The zero-order chi connectivity index (χ0) is 26.9. The lowest BCUT2D eigenvalue weighted by atomic mass is 9.73. The third-order valence-electron chi connectivity index (χ3n) is 8.90. The van der Waals surface area contributed by atoms with Crippen molar-refractivity contribution < 1.29 is 9.59 Å². The first kappa shape index (κ1) is 26.3. The van der Waals surface area contributed by atoms with Crippen LogP contribution >= 0.6 is 0 Å². The molecule has 7 heteroatoms. The molecule has 0 radical (unpaired) electrons. The number of benzene rings is 2. The van der Waals surface area contributed by atoms with Crippen molar-refractivity contribution in [2.45, 2.75) is 69.9 Å². The standard InChI is InChI=1S/C31H41N5O2/c1-21(2)36(19-16-32)30(38)34-28(22(3)25-20-33-27-11-7-5-9-24(25)27)29(37)35-17-14-31(15-18-35)13-12-23-8-4-6-10-26(23)31/h4-11,20-22,28,33H,12-19,32H2,1-3H3,(H,34,38)/t22-,28?/m1/s1. The number of hydrogen-bond donors (Lipinski definition) is 3. The fourth-order valence-corrected chi connectivity index (χ4v) is 6.64. The molecular formula is C31H41N5O2. The molecule has 1 spiro atoms. The molecule has 1 fully saturated rings. The van der Waals surface area contributed by atoms with Gasteiger partial charge in [-0.25, -0.2) is 4.79 Å². The van der Waals surface area contributed by atoms with Crippen LogP contribution in [0.25, 0.3) is 10.9 Å². The third kappa shape index (κ3) is 4.80. The summed E-state index contributed by atoms with van der Waals surface area (Å²) in [5, 5.41) is 4.21. The van der Waals surface area contributed by atoms with Crippen LogP contribution in [0.5, 0.6) is 0 Å². The summed E-state index contributed by atoms with van der Waals surface area (Å²) in [6.07, 6.45) is 6.17. The summed E-state index contributed by atoms with van der Waals surface area (Å²) in [4.78, 5) is 34.6. The zero-order valence-corrected chi connectivity index (χ0v) is 22.9. The quantitative estimate of drug-likeness (QED) is 0.432. The molecule has 1 aliphatic heterocycles. The number of amides is 3. The van der Waals surface area contributed by atoms with Gasteiger partial charge in [0.15, 0.2) is 0 Å². The van der Waals surface area contributed by atoms with Crippen molar-refractivity contribution in [1.82, 2.24) is 20.1 Å². The summed E-state index contributed by atoms with van der Waals surface area (Å²) in [7, 11) is 0. The van der Waals surface area contributed by atoms with E-state index in [1.165, 1.54) is 11.1 Å². The highest BCUT2D eigenvalue weighted by Crippen LogP contribution is 2.46. The highest BCUT2D eigenvalue weighted by molar-refractivity contribution is 5.90. The molecule has 4 N–H and O–H groups in total. The molecule has 2 heterocycles. The predicted octanol–water partition coefficient (Wildman–Crippen LogP) is 4.53. The van der Waals surface area contributed by atoms with E-state index in [0.29, 0.717) is 26.2 Å². The number of carbonyl (C=O) groups is 2. The Morgan fingerprint density at radius 3 is 2.50 bits per heavy atom. The van der Waals surface area contributed by atoms with Crippen molar-refractivity contribution in [3.8, 4) is 0 Å². The Morgan fingerprint density at radius 1 is 1.05 bits per heavy atom. The lowest BCUT2D eigenvalue weighted by Gasteiger charge is -2.42. The number of nitrogens with two attached hydrogens (primary N) is 1. The van der Waals surface area contributed by atoms with Gasteiger partial charge in [-0.05, 0) is 67.7 Å². The monoisotopic (exact) mass is 515 g/mol. The van der Waals surface area contributed by atoms with Gasteiger partial charge in [-0.1, -0.05) is 49.4 Å². The van der Waals surface area contributed by atoms with Gasteiger partial charge >= 0.3 is 6.03 Å². The van der Waals surface area contributed by atoms with Crippen LogP contribution in [0.2, 0.25) is 0 Å². The number of aryl methyl sites for hydroxylation is 1. The minimum absolute atomic E-state index is 0.00582. The topological polar surface area (TPSA) is 94.5 Å². The van der Waals surface area contributed by atoms with E-state index in [-0.39, 0.29) is 29.3 Å². The number of nitrogens with zero attached hydrogens (tertiary/aromatic N) is 2. The summed E-state index contributed by atoms with van der Waals surface area (Å²) in [6.45, 7) is 8.21. The molecule has 3 aromatic rings. The second kappa shape index (κ2) is 10.8. The Morgan fingerprint density at radius 2 is 1.76 bits per heavy atom. The number of piperidine rings is 1. The fraction of sp³-hybridized carbons (Fsp3) is 0.484. The van der Waals surface area contributed by atoms with Gasteiger partial charge in [0, 0.05) is 55.2 Å². The lowest BCUT2D eigenvalue weighted by molar-refractivity contribution is -0.135. The normalized spacial score (nSPS) is 18.0.